The highest BCUT2D eigenvalue weighted by Crippen LogP contribution is 2.22. The normalized spacial score (nSPS) is 12.2. The fraction of sp³-hybridized carbons (Fsp3) is 0.300. The number of fused-ring (bicyclic) bond motifs is 1. The van der Waals surface area contributed by atoms with Gasteiger partial charge in [-0.2, -0.15) is 0 Å². The molecule has 0 aliphatic carbocycles. The SMILES string of the molecule is CC(CNC(=O)CCCc1nc2ccccc2s1)c1ccccc1. The van der Waals surface area contributed by atoms with E-state index >= 15 is 0 Å². The molecule has 3 nitrogen and oxygen atoms in total. The number of para-hydroxylation sites is 1. The van der Waals surface area contributed by atoms with Crippen molar-refractivity contribution in [1.82, 2.24) is 10.3 Å². The number of carbonyl (C=O) groups is 1. The Kier molecular flexibility index (Phi) is 5.59. The van der Waals surface area contributed by atoms with E-state index in [-0.39, 0.29) is 5.91 Å². The van der Waals surface area contributed by atoms with Gasteiger partial charge in [-0.15, -0.1) is 11.3 Å². The molecule has 0 bridgehead atoms. The van der Waals surface area contributed by atoms with Crippen LogP contribution in [0, 0.1) is 0 Å². The topological polar surface area (TPSA) is 42.0 Å². The number of nitrogens with one attached hydrogen (secondary N) is 1. The molecule has 1 N–H and O–H groups in total. The number of rotatable bonds is 7. The van der Waals surface area contributed by atoms with Gasteiger partial charge in [-0.3, -0.25) is 4.79 Å². The molecule has 24 heavy (non-hydrogen) atoms. The number of nitrogens with zero attached hydrogens (tertiary/aromatic N) is 1. The van der Waals surface area contributed by atoms with Gasteiger partial charge in [0.1, 0.15) is 0 Å². The highest BCUT2D eigenvalue weighted by Gasteiger charge is 2.08. The van der Waals surface area contributed by atoms with E-state index in [0.717, 1.165) is 23.4 Å². The van der Waals surface area contributed by atoms with E-state index in [1.807, 2.05) is 36.4 Å². The van der Waals surface area contributed by atoms with Gasteiger partial charge in [-0.1, -0.05) is 49.4 Å². The fourth-order valence-corrected chi connectivity index (χ4v) is 3.69. The lowest BCUT2D eigenvalue weighted by Gasteiger charge is -2.12. The van der Waals surface area contributed by atoms with Gasteiger partial charge in [0.05, 0.1) is 15.2 Å². The van der Waals surface area contributed by atoms with Crippen LogP contribution in [0.1, 0.15) is 36.3 Å². The highest BCUT2D eigenvalue weighted by atomic mass is 32.1. The third-order valence-electron chi connectivity index (χ3n) is 4.11. The molecule has 1 aromatic heterocycles. The van der Waals surface area contributed by atoms with Gasteiger partial charge < -0.3 is 5.32 Å². The minimum Gasteiger partial charge on any atom is -0.356 e. The molecule has 0 aliphatic rings. The molecule has 2 aromatic carbocycles. The lowest BCUT2D eigenvalue weighted by molar-refractivity contribution is -0.121. The summed E-state index contributed by atoms with van der Waals surface area (Å²) >= 11 is 1.72. The third-order valence-corrected chi connectivity index (χ3v) is 5.20. The molecule has 1 atom stereocenters. The van der Waals surface area contributed by atoms with E-state index < -0.39 is 0 Å². The standard InChI is InChI=1S/C20H22N2OS/c1-15(16-8-3-2-4-9-16)14-21-19(23)12-7-13-20-22-17-10-5-6-11-18(17)24-20/h2-6,8-11,15H,7,12-14H2,1H3,(H,21,23). The minimum absolute atomic E-state index is 0.124. The number of amides is 1. The summed E-state index contributed by atoms with van der Waals surface area (Å²) in [4.78, 5) is 16.6. The summed E-state index contributed by atoms with van der Waals surface area (Å²) < 4.78 is 1.22. The molecule has 0 fully saturated rings. The largest absolute Gasteiger partial charge is 0.356 e. The molecular formula is C20H22N2OS. The maximum atomic E-state index is 12.0. The van der Waals surface area contributed by atoms with Crippen molar-refractivity contribution in [2.24, 2.45) is 0 Å². The zero-order valence-corrected chi connectivity index (χ0v) is 14.7. The van der Waals surface area contributed by atoms with Crippen molar-refractivity contribution in [1.29, 1.82) is 0 Å². The number of benzene rings is 2. The molecule has 0 radical (unpaired) electrons. The summed E-state index contributed by atoms with van der Waals surface area (Å²) in [7, 11) is 0. The van der Waals surface area contributed by atoms with Crippen molar-refractivity contribution in [3.63, 3.8) is 0 Å². The van der Waals surface area contributed by atoms with E-state index in [1.165, 1.54) is 10.3 Å². The summed E-state index contributed by atoms with van der Waals surface area (Å²) in [5.41, 5.74) is 2.31. The lowest BCUT2D eigenvalue weighted by Crippen LogP contribution is -2.27. The maximum Gasteiger partial charge on any atom is 0.220 e. The maximum absolute atomic E-state index is 12.0. The van der Waals surface area contributed by atoms with Gasteiger partial charge in [0.15, 0.2) is 0 Å². The van der Waals surface area contributed by atoms with E-state index in [0.29, 0.717) is 18.9 Å². The van der Waals surface area contributed by atoms with Gasteiger partial charge >= 0.3 is 0 Å². The second kappa shape index (κ2) is 8.06. The Bertz CT molecular complexity index is 765. The van der Waals surface area contributed by atoms with Gasteiger partial charge in [0, 0.05) is 13.0 Å². The first-order valence-electron chi connectivity index (χ1n) is 8.38. The lowest BCUT2D eigenvalue weighted by atomic mass is 10.0. The molecule has 4 heteroatoms. The first kappa shape index (κ1) is 16.7. The first-order chi connectivity index (χ1) is 11.7. The Balaban J connectivity index is 1.41. The van der Waals surface area contributed by atoms with Crippen LogP contribution in [0.15, 0.2) is 54.6 Å². The van der Waals surface area contributed by atoms with Crippen LogP contribution in [-0.4, -0.2) is 17.4 Å². The highest BCUT2D eigenvalue weighted by molar-refractivity contribution is 7.18. The van der Waals surface area contributed by atoms with Crippen molar-refractivity contribution < 1.29 is 4.79 Å². The monoisotopic (exact) mass is 338 g/mol. The summed E-state index contributed by atoms with van der Waals surface area (Å²) in [5, 5.41) is 4.15. The zero-order chi connectivity index (χ0) is 16.8. The fourth-order valence-electron chi connectivity index (χ4n) is 2.68. The van der Waals surface area contributed by atoms with E-state index in [1.54, 1.807) is 11.3 Å². The Labute approximate surface area is 146 Å². The average Bonchev–Trinajstić information content (AvgIpc) is 3.03. The van der Waals surface area contributed by atoms with Gasteiger partial charge in [-0.05, 0) is 36.5 Å². The van der Waals surface area contributed by atoms with Gasteiger partial charge in [-0.25, -0.2) is 4.98 Å². The predicted octanol–water partition coefficient (Wildman–Crippen LogP) is 4.54. The third kappa shape index (κ3) is 4.42. The average molecular weight is 338 g/mol. The smallest absolute Gasteiger partial charge is 0.220 e. The molecule has 1 amide bonds. The predicted molar refractivity (Wildman–Crippen MR) is 100 cm³/mol. The van der Waals surface area contributed by atoms with Gasteiger partial charge in [0.2, 0.25) is 5.91 Å². The van der Waals surface area contributed by atoms with Crippen LogP contribution in [0.3, 0.4) is 0 Å². The first-order valence-corrected chi connectivity index (χ1v) is 9.20. The van der Waals surface area contributed by atoms with Crippen molar-refractivity contribution in [2.75, 3.05) is 6.54 Å². The Morgan fingerprint density at radius 1 is 1.12 bits per heavy atom. The summed E-state index contributed by atoms with van der Waals surface area (Å²) in [5.74, 6) is 0.457. The second-order valence-corrected chi connectivity index (χ2v) is 7.16. The van der Waals surface area contributed by atoms with Crippen LogP contribution in [0.5, 0.6) is 0 Å². The summed E-state index contributed by atoms with van der Waals surface area (Å²) in [6.07, 6.45) is 2.25. The van der Waals surface area contributed by atoms with Crippen LogP contribution in [0.2, 0.25) is 0 Å². The van der Waals surface area contributed by atoms with Crippen LogP contribution in [0.4, 0.5) is 0 Å². The Morgan fingerprint density at radius 2 is 1.88 bits per heavy atom. The molecule has 3 rings (SSSR count). The quantitative estimate of drug-likeness (QED) is 0.687. The number of carbonyl (C=O) groups excluding carboxylic acids is 1. The molecule has 3 aromatic rings. The summed E-state index contributed by atoms with van der Waals surface area (Å²) in [6.45, 7) is 2.82. The Hall–Kier alpha value is -2.20. The molecular weight excluding hydrogens is 316 g/mol. The van der Waals surface area contributed by atoms with E-state index in [4.69, 9.17) is 0 Å². The van der Waals surface area contributed by atoms with Crippen LogP contribution in [0.25, 0.3) is 10.2 Å². The number of aromatic nitrogens is 1. The zero-order valence-electron chi connectivity index (χ0n) is 13.9. The van der Waals surface area contributed by atoms with Gasteiger partial charge in [0.25, 0.3) is 0 Å². The molecule has 124 valence electrons. The van der Waals surface area contributed by atoms with Crippen LogP contribution in [-0.2, 0) is 11.2 Å². The van der Waals surface area contributed by atoms with Crippen molar-refractivity contribution in [3.8, 4) is 0 Å². The molecule has 1 heterocycles. The molecule has 0 saturated heterocycles. The second-order valence-electron chi connectivity index (χ2n) is 6.04. The molecule has 0 aliphatic heterocycles. The number of aryl methyl sites for hydroxylation is 1. The van der Waals surface area contributed by atoms with Crippen LogP contribution < -0.4 is 5.32 Å². The molecule has 0 saturated carbocycles. The van der Waals surface area contributed by atoms with Crippen molar-refractivity contribution >= 4 is 27.5 Å². The van der Waals surface area contributed by atoms with E-state index in [9.17, 15) is 4.79 Å². The van der Waals surface area contributed by atoms with Crippen LogP contribution >= 0.6 is 11.3 Å². The van der Waals surface area contributed by atoms with E-state index in [2.05, 4.69) is 35.4 Å². The number of hydrogen-bond acceptors (Lipinski definition) is 3. The number of hydrogen-bond donors (Lipinski definition) is 1. The summed E-state index contributed by atoms with van der Waals surface area (Å²) in [6, 6.07) is 18.4. The minimum atomic E-state index is 0.124. The number of thiazole rings is 1. The van der Waals surface area contributed by atoms with Crippen molar-refractivity contribution in [2.45, 2.75) is 32.1 Å². The Morgan fingerprint density at radius 3 is 2.67 bits per heavy atom. The molecule has 1 unspecified atom stereocenters. The molecule has 0 spiro atoms. The van der Waals surface area contributed by atoms with Crippen molar-refractivity contribution in [3.05, 3.63) is 65.2 Å².